The lowest BCUT2D eigenvalue weighted by Crippen LogP contribution is -2.12. The predicted molar refractivity (Wildman–Crippen MR) is 89.3 cm³/mol. The molecule has 0 atom stereocenters. The van der Waals surface area contributed by atoms with E-state index in [1.54, 1.807) is 24.3 Å². The number of para-hydroxylation sites is 1. The summed E-state index contributed by atoms with van der Waals surface area (Å²) in [5.41, 5.74) is 1.24. The lowest BCUT2D eigenvalue weighted by atomic mass is 10.1. The van der Waals surface area contributed by atoms with Gasteiger partial charge in [-0.15, -0.1) is 0 Å². The topological polar surface area (TPSA) is 56.0 Å². The van der Waals surface area contributed by atoms with E-state index in [0.29, 0.717) is 10.6 Å². The highest BCUT2D eigenvalue weighted by molar-refractivity contribution is 7.81. The lowest BCUT2D eigenvalue weighted by molar-refractivity contribution is 0.510. The van der Waals surface area contributed by atoms with E-state index in [9.17, 15) is 10.4 Å². The van der Waals surface area contributed by atoms with Crippen LogP contribution < -0.4 is 5.32 Å². The van der Waals surface area contributed by atoms with E-state index < -0.39 is 0 Å². The predicted octanol–water partition coefficient (Wildman–Crippen LogP) is 4.57. The normalized spacial score (nSPS) is 11.2. The molecule has 2 aromatic rings. The Labute approximate surface area is 133 Å². The van der Waals surface area contributed by atoms with Gasteiger partial charge in [0.2, 0.25) is 0 Å². The van der Waals surface area contributed by atoms with E-state index in [1.807, 2.05) is 36.4 Å². The molecule has 0 heterocycles. The van der Waals surface area contributed by atoms with E-state index in [-0.39, 0.29) is 16.3 Å². The molecule has 2 aromatic carbocycles. The van der Waals surface area contributed by atoms with Gasteiger partial charge in [-0.3, -0.25) is 0 Å². The summed E-state index contributed by atoms with van der Waals surface area (Å²) in [4.78, 5) is 0.163. The smallest absolute Gasteiger partial charge is 0.143 e. The van der Waals surface area contributed by atoms with Crippen LogP contribution in [0.15, 0.2) is 60.2 Å². The molecule has 0 unspecified atom stereocenters. The zero-order valence-electron chi connectivity index (χ0n) is 10.9. The van der Waals surface area contributed by atoms with Gasteiger partial charge >= 0.3 is 0 Å². The van der Waals surface area contributed by atoms with Crippen LogP contribution in [0.1, 0.15) is 5.56 Å². The maximum Gasteiger partial charge on any atom is 0.143 e. The fourth-order valence-electron chi connectivity index (χ4n) is 1.68. The van der Waals surface area contributed by atoms with Crippen LogP contribution in [0.5, 0.6) is 0 Å². The summed E-state index contributed by atoms with van der Waals surface area (Å²) in [5.74, 6) is -0.178. The van der Waals surface area contributed by atoms with Gasteiger partial charge in [0.1, 0.15) is 22.4 Å². The van der Waals surface area contributed by atoms with Gasteiger partial charge in [-0.2, -0.15) is 5.26 Å². The molecule has 2 N–H and O–H groups in total. The summed E-state index contributed by atoms with van der Waals surface area (Å²) in [6.45, 7) is 0. The van der Waals surface area contributed by atoms with Gasteiger partial charge < -0.3 is 10.4 Å². The molecule has 0 fully saturated rings. The number of thiocarbonyl (C=S) groups is 1. The number of benzene rings is 2. The van der Waals surface area contributed by atoms with Gasteiger partial charge in [-0.05, 0) is 36.4 Å². The summed E-state index contributed by atoms with van der Waals surface area (Å²) in [5, 5.41) is 22.9. The van der Waals surface area contributed by atoms with Crippen LogP contribution in [0, 0.1) is 11.3 Å². The number of nitrogens with zero attached hydrogens (tertiary/aromatic N) is 1. The number of rotatable bonds is 3. The Hall–Kier alpha value is -2.35. The minimum atomic E-state index is -0.178. The Bertz CT molecular complexity index is 718. The number of nitriles is 1. The van der Waals surface area contributed by atoms with Crippen LogP contribution in [0.3, 0.4) is 0 Å². The molecule has 104 valence electrons. The maximum absolute atomic E-state index is 10.2. The summed E-state index contributed by atoms with van der Waals surface area (Å²) in [6.07, 6.45) is 0. The number of hydrogen-bond acceptors (Lipinski definition) is 3. The monoisotopic (exact) mass is 314 g/mol. The summed E-state index contributed by atoms with van der Waals surface area (Å²) in [6, 6.07) is 17.7. The molecule has 21 heavy (non-hydrogen) atoms. The molecule has 0 saturated carbocycles. The zero-order valence-corrected chi connectivity index (χ0v) is 12.4. The van der Waals surface area contributed by atoms with Gasteiger partial charge in [0.15, 0.2) is 0 Å². The molecular formula is C16H11ClN2OS. The molecule has 0 aromatic heterocycles. The summed E-state index contributed by atoms with van der Waals surface area (Å²) in [7, 11) is 0. The van der Waals surface area contributed by atoms with Crippen molar-refractivity contribution in [1.82, 2.24) is 0 Å². The SMILES string of the molecule is N#C/C(C(=S)Nc1ccccc1)=C(/O)c1ccc(Cl)cc1. The third-order valence-corrected chi connectivity index (χ3v) is 3.28. The fourth-order valence-corrected chi connectivity index (χ4v) is 2.06. The van der Waals surface area contributed by atoms with Crippen LogP contribution in [-0.2, 0) is 0 Å². The molecule has 3 nitrogen and oxygen atoms in total. The third kappa shape index (κ3) is 3.82. The number of aliphatic hydroxyl groups excluding tert-OH is 1. The van der Waals surface area contributed by atoms with E-state index in [1.165, 1.54) is 0 Å². The van der Waals surface area contributed by atoms with Crippen molar-refractivity contribution < 1.29 is 5.11 Å². The van der Waals surface area contributed by atoms with Crippen molar-refractivity contribution in [2.75, 3.05) is 5.32 Å². The fraction of sp³-hybridized carbons (Fsp3) is 0. The Balaban J connectivity index is 2.29. The van der Waals surface area contributed by atoms with Crippen LogP contribution >= 0.6 is 23.8 Å². The van der Waals surface area contributed by atoms with Crippen molar-refractivity contribution in [1.29, 1.82) is 5.26 Å². The number of halogens is 1. The van der Waals surface area contributed by atoms with Gasteiger partial charge in [0.05, 0.1) is 0 Å². The van der Waals surface area contributed by atoms with Gasteiger partial charge in [0.25, 0.3) is 0 Å². The maximum atomic E-state index is 10.2. The summed E-state index contributed by atoms with van der Waals surface area (Å²) < 4.78 is 0. The van der Waals surface area contributed by atoms with E-state index in [4.69, 9.17) is 23.8 Å². The second-order valence-electron chi connectivity index (χ2n) is 4.16. The lowest BCUT2D eigenvalue weighted by Gasteiger charge is -2.09. The van der Waals surface area contributed by atoms with Crippen molar-refractivity contribution in [3.8, 4) is 6.07 Å². The number of hydrogen-bond donors (Lipinski definition) is 2. The largest absolute Gasteiger partial charge is 0.506 e. The van der Waals surface area contributed by atoms with Gasteiger partial charge in [0, 0.05) is 16.3 Å². The van der Waals surface area contributed by atoms with Crippen molar-refractivity contribution >= 4 is 40.3 Å². The molecule has 0 spiro atoms. The van der Waals surface area contributed by atoms with Crippen molar-refractivity contribution in [2.45, 2.75) is 0 Å². The van der Waals surface area contributed by atoms with Gasteiger partial charge in [-0.25, -0.2) is 0 Å². The first-order valence-electron chi connectivity index (χ1n) is 6.07. The second kappa shape index (κ2) is 6.89. The number of anilines is 1. The second-order valence-corrected chi connectivity index (χ2v) is 5.01. The standard InChI is InChI=1S/C16H11ClN2OS/c17-12-8-6-11(7-9-12)15(20)14(10-18)16(21)19-13-4-2-1-3-5-13/h1-9,20H,(H,19,21)/b15-14-. The molecule has 0 saturated heterocycles. The molecule has 0 radical (unpaired) electrons. The molecule has 0 aliphatic rings. The first-order chi connectivity index (χ1) is 10.1. The molecule has 0 bridgehead atoms. The third-order valence-electron chi connectivity index (χ3n) is 2.72. The van der Waals surface area contributed by atoms with Crippen LogP contribution in [0.25, 0.3) is 5.76 Å². The molecule has 0 aliphatic heterocycles. The zero-order chi connectivity index (χ0) is 15.2. The van der Waals surface area contributed by atoms with Crippen molar-refractivity contribution in [2.24, 2.45) is 0 Å². The van der Waals surface area contributed by atoms with Gasteiger partial charge in [-0.1, -0.05) is 42.0 Å². The highest BCUT2D eigenvalue weighted by atomic mass is 35.5. The molecule has 5 heteroatoms. The average Bonchev–Trinajstić information content (AvgIpc) is 2.49. The molecule has 0 amide bonds. The van der Waals surface area contributed by atoms with E-state index in [2.05, 4.69) is 5.32 Å². The number of aliphatic hydroxyl groups is 1. The van der Waals surface area contributed by atoms with Crippen molar-refractivity contribution in [3.05, 3.63) is 70.8 Å². The quantitative estimate of drug-likeness (QED) is 0.377. The average molecular weight is 315 g/mol. The summed E-state index contributed by atoms with van der Waals surface area (Å²) >= 11 is 11.0. The minimum absolute atomic E-state index is 0.0103. The number of nitrogens with one attached hydrogen (secondary N) is 1. The first kappa shape index (κ1) is 15.0. The first-order valence-corrected chi connectivity index (χ1v) is 6.86. The van der Waals surface area contributed by atoms with E-state index >= 15 is 0 Å². The van der Waals surface area contributed by atoms with E-state index in [0.717, 1.165) is 5.69 Å². The highest BCUT2D eigenvalue weighted by Gasteiger charge is 2.13. The molecular weight excluding hydrogens is 304 g/mol. The Kier molecular flexibility index (Phi) is 4.94. The highest BCUT2D eigenvalue weighted by Crippen LogP contribution is 2.20. The van der Waals surface area contributed by atoms with Crippen LogP contribution in [0.2, 0.25) is 5.02 Å². The minimum Gasteiger partial charge on any atom is -0.506 e. The molecule has 0 aliphatic carbocycles. The molecule has 2 rings (SSSR count). The Morgan fingerprint density at radius 1 is 1.10 bits per heavy atom. The Morgan fingerprint density at radius 2 is 1.71 bits per heavy atom. The van der Waals surface area contributed by atoms with Crippen LogP contribution in [0.4, 0.5) is 5.69 Å². The van der Waals surface area contributed by atoms with Crippen molar-refractivity contribution in [3.63, 3.8) is 0 Å². The Morgan fingerprint density at radius 3 is 2.29 bits per heavy atom. The van der Waals surface area contributed by atoms with Crippen LogP contribution in [-0.4, -0.2) is 10.1 Å².